The van der Waals surface area contributed by atoms with E-state index in [1.54, 1.807) is 0 Å². The Morgan fingerprint density at radius 1 is 1.03 bits per heavy atom. The summed E-state index contributed by atoms with van der Waals surface area (Å²) in [5, 5.41) is 30.5. The van der Waals surface area contributed by atoms with Gasteiger partial charge < -0.3 is 25.0 Å². The highest BCUT2D eigenvalue weighted by Gasteiger charge is 2.12. The van der Waals surface area contributed by atoms with Crippen LogP contribution in [0.5, 0.6) is 11.5 Å². The van der Waals surface area contributed by atoms with Crippen LogP contribution >= 0.6 is 0 Å². The van der Waals surface area contributed by atoms with Gasteiger partial charge >= 0.3 is 5.97 Å². The van der Waals surface area contributed by atoms with Crippen LogP contribution in [-0.4, -0.2) is 35.4 Å². The van der Waals surface area contributed by atoms with Crippen molar-refractivity contribution in [2.75, 3.05) is 13.2 Å². The average Bonchev–Trinajstić information content (AvgIpc) is 2.89. The van der Waals surface area contributed by atoms with Gasteiger partial charge in [-0.15, -0.1) is 0 Å². The minimum atomic E-state index is -1.04. The van der Waals surface area contributed by atoms with Crippen LogP contribution in [0, 0.1) is 18.3 Å². The molecule has 1 unspecified atom stereocenters. The number of unbranched alkanes of at least 4 members (excludes halogenated alkanes) is 2. The van der Waals surface area contributed by atoms with Gasteiger partial charge in [0.15, 0.2) is 0 Å². The smallest absolute Gasteiger partial charge is 0.306 e. The Labute approximate surface area is 218 Å². The molecule has 3 aromatic carbocycles. The predicted octanol–water partition coefficient (Wildman–Crippen LogP) is 5.24. The Morgan fingerprint density at radius 3 is 2.59 bits per heavy atom. The lowest BCUT2D eigenvalue weighted by atomic mass is 9.97. The molecule has 1 atom stereocenters. The first-order valence-electron chi connectivity index (χ1n) is 12.5. The number of aliphatic hydroxyl groups is 1. The summed E-state index contributed by atoms with van der Waals surface area (Å²) in [6.07, 6.45) is 0.731. The zero-order valence-electron chi connectivity index (χ0n) is 21.2. The molecule has 0 bridgehead atoms. The number of aliphatic hydroxyl groups excluding tert-OH is 1. The van der Waals surface area contributed by atoms with E-state index in [0.717, 1.165) is 24.0 Å². The summed E-state index contributed by atoms with van der Waals surface area (Å²) in [5.41, 5.74) is 5.48. The number of nitrogens with zero attached hydrogens (tertiary/aromatic N) is 1. The number of nitrogens with one attached hydrogen (secondary N) is 1. The molecule has 194 valence electrons. The highest BCUT2D eigenvalue weighted by molar-refractivity contribution is 5.68. The maximum Gasteiger partial charge on any atom is 0.306 e. The molecule has 0 aliphatic heterocycles. The summed E-state index contributed by atoms with van der Waals surface area (Å²) in [5.74, 6) is 0.289. The molecule has 3 N–H and O–H groups in total. The average molecular weight is 503 g/mol. The molecule has 0 aliphatic carbocycles. The van der Waals surface area contributed by atoms with E-state index in [2.05, 4.69) is 42.6 Å². The number of carboxylic acids is 1. The monoisotopic (exact) mass is 502 g/mol. The van der Waals surface area contributed by atoms with Crippen LogP contribution in [0.3, 0.4) is 0 Å². The number of hydrogen-bond acceptors (Lipinski definition) is 6. The molecule has 0 amide bonds. The van der Waals surface area contributed by atoms with Crippen molar-refractivity contribution >= 4 is 5.97 Å². The van der Waals surface area contributed by atoms with Crippen LogP contribution in [0.25, 0.3) is 11.1 Å². The lowest BCUT2D eigenvalue weighted by Crippen LogP contribution is -2.28. The number of nitriles is 1. The van der Waals surface area contributed by atoms with Gasteiger partial charge in [-0.1, -0.05) is 54.6 Å². The highest BCUT2D eigenvalue weighted by atomic mass is 16.5. The first kappa shape index (κ1) is 27.7. The minimum absolute atomic E-state index is 0.156. The van der Waals surface area contributed by atoms with Crippen molar-refractivity contribution in [1.29, 1.82) is 5.26 Å². The Balaban J connectivity index is 1.68. The van der Waals surface area contributed by atoms with Crippen LogP contribution in [0.1, 0.15) is 42.4 Å². The third-order valence-corrected chi connectivity index (χ3v) is 6.01. The zero-order chi connectivity index (χ0) is 26.5. The lowest BCUT2D eigenvalue weighted by molar-refractivity contribution is -0.139. The van der Waals surface area contributed by atoms with Crippen LogP contribution in [0.4, 0.5) is 0 Å². The predicted molar refractivity (Wildman–Crippen MR) is 142 cm³/mol. The molecule has 0 spiro atoms. The van der Waals surface area contributed by atoms with Gasteiger partial charge in [-0.05, 0) is 48.1 Å². The number of carboxylic acid groups (broad SMARTS) is 1. The van der Waals surface area contributed by atoms with Crippen LogP contribution < -0.4 is 14.8 Å². The third-order valence-electron chi connectivity index (χ3n) is 6.01. The number of hydrogen-bond donors (Lipinski definition) is 3. The molecular weight excluding hydrogens is 468 g/mol. The molecule has 0 aliphatic rings. The van der Waals surface area contributed by atoms with Gasteiger partial charge in [-0.2, -0.15) is 5.26 Å². The first-order valence-corrected chi connectivity index (χ1v) is 12.5. The standard InChI is InChI=1S/C30H34N2O5/c1-22-25(11-8-12-28(22)23-9-4-2-5-10-23)21-37-27-14-13-24(19-32-20-26(33)17-30(34)35)29(18-27)36-16-7-3-6-15-31/h2,4-5,8-14,18,26,32-33H,3,6-7,16-17,19-21H2,1H3,(H,34,35). The van der Waals surface area contributed by atoms with Gasteiger partial charge in [0.2, 0.25) is 0 Å². The maximum atomic E-state index is 10.8. The van der Waals surface area contributed by atoms with Crippen molar-refractivity contribution in [3.8, 4) is 28.7 Å². The van der Waals surface area contributed by atoms with E-state index < -0.39 is 12.1 Å². The van der Waals surface area contributed by atoms with Gasteiger partial charge in [0.25, 0.3) is 0 Å². The molecule has 3 rings (SSSR count). The topological polar surface area (TPSA) is 112 Å². The van der Waals surface area contributed by atoms with Crippen molar-refractivity contribution in [2.24, 2.45) is 0 Å². The van der Waals surface area contributed by atoms with Crippen molar-refractivity contribution < 1.29 is 24.5 Å². The number of ether oxygens (including phenoxy) is 2. The largest absolute Gasteiger partial charge is 0.493 e. The molecule has 0 saturated carbocycles. The third kappa shape index (κ3) is 8.94. The Morgan fingerprint density at radius 2 is 1.84 bits per heavy atom. The Kier molecular flexibility index (Phi) is 11.0. The summed E-state index contributed by atoms with van der Waals surface area (Å²) >= 11 is 0. The number of benzene rings is 3. The van der Waals surface area contributed by atoms with Gasteiger partial charge in [-0.25, -0.2) is 0 Å². The van der Waals surface area contributed by atoms with E-state index in [-0.39, 0.29) is 13.0 Å². The number of rotatable bonds is 15. The van der Waals surface area contributed by atoms with Crippen LogP contribution in [0.2, 0.25) is 0 Å². The molecule has 7 nitrogen and oxygen atoms in total. The minimum Gasteiger partial charge on any atom is -0.493 e. The molecule has 0 aromatic heterocycles. The van der Waals surface area contributed by atoms with E-state index in [1.807, 2.05) is 42.5 Å². The molecule has 37 heavy (non-hydrogen) atoms. The fourth-order valence-electron chi connectivity index (χ4n) is 3.97. The van der Waals surface area contributed by atoms with E-state index in [1.165, 1.54) is 16.7 Å². The number of aliphatic carboxylic acids is 1. The summed E-state index contributed by atoms with van der Waals surface area (Å²) in [6.45, 7) is 3.54. The molecule has 0 fully saturated rings. The fourth-order valence-corrected chi connectivity index (χ4v) is 3.97. The normalized spacial score (nSPS) is 11.5. The zero-order valence-corrected chi connectivity index (χ0v) is 21.2. The molecule has 0 saturated heterocycles. The molecule has 0 radical (unpaired) electrons. The fraction of sp³-hybridized carbons (Fsp3) is 0.333. The number of carbonyl (C=O) groups is 1. The van der Waals surface area contributed by atoms with Crippen LogP contribution in [0.15, 0.2) is 66.7 Å². The SMILES string of the molecule is Cc1c(COc2ccc(CNCC(O)CC(=O)O)c(OCCCCC#N)c2)cccc1-c1ccccc1. The van der Waals surface area contributed by atoms with E-state index in [0.29, 0.717) is 37.7 Å². The van der Waals surface area contributed by atoms with Gasteiger partial charge in [0.05, 0.1) is 25.2 Å². The molecular formula is C30H34N2O5. The second-order valence-electron chi connectivity index (χ2n) is 8.86. The second kappa shape index (κ2) is 14.6. The highest BCUT2D eigenvalue weighted by Crippen LogP contribution is 2.29. The summed E-state index contributed by atoms with van der Waals surface area (Å²) in [7, 11) is 0. The van der Waals surface area contributed by atoms with Gasteiger partial charge in [-0.3, -0.25) is 4.79 Å². The van der Waals surface area contributed by atoms with Gasteiger partial charge in [0.1, 0.15) is 18.1 Å². The van der Waals surface area contributed by atoms with E-state index in [4.69, 9.17) is 19.8 Å². The van der Waals surface area contributed by atoms with Crippen LogP contribution in [-0.2, 0) is 17.9 Å². The first-order chi connectivity index (χ1) is 18.0. The van der Waals surface area contributed by atoms with Crippen molar-refractivity contribution in [1.82, 2.24) is 5.32 Å². The summed E-state index contributed by atoms with van der Waals surface area (Å²) in [4.78, 5) is 10.8. The van der Waals surface area contributed by atoms with Crippen molar-refractivity contribution in [2.45, 2.75) is 51.9 Å². The van der Waals surface area contributed by atoms with E-state index >= 15 is 0 Å². The summed E-state index contributed by atoms with van der Waals surface area (Å²) < 4.78 is 12.2. The molecule has 3 aromatic rings. The lowest BCUT2D eigenvalue weighted by Gasteiger charge is -2.16. The quantitative estimate of drug-likeness (QED) is 0.244. The second-order valence-corrected chi connectivity index (χ2v) is 8.86. The Hall–Kier alpha value is -3.86. The van der Waals surface area contributed by atoms with Gasteiger partial charge in [0, 0.05) is 31.1 Å². The Bertz CT molecular complexity index is 1190. The molecule has 0 heterocycles. The van der Waals surface area contributed by atoms with Crippen molar-refractivity contribution in [3.05, 3.63) is 83.4 Å². The summed E-state index contributed by atoms with van der Waals surface area (Å²) in [6, 6.07) is 24.3. The maximum absolute atomic E-state index is 10.8. The van der Waals surface area contributed by atoms with Crippen molar-refractivity contribution in [3.63, 3.8) is 0 Å². The molecule has 7 heteroatoms. The van der Waals surface area contributed by atoms with E-state index in [9.17, 15) is 9.90 Å².